The lowest BCUT2D eigenvalue weighted by atomic mass is 10.2. The zero-order valence-electron chi connectivity index (χ0n) is 9.63. The molecule has 1 aliphatic rings. The van der Waals surface area contributed by atoms with E-state index in [4.69, 9.17) is 4.74 Å². The fourth-order valence-electron chi connectivity index (χ4n) is 2.23. The number of hydrogen-bond acceptors (Lipinski definition) is 5. The monoisotopic (exact) mass is 237 g/mol. The quantitative estimate of drug-likeness (QED) is 0.639. The molecule has 6 nitrogen and oxygen atoms in total. The maximum Gasteiger partial charge on any atom is 0.386 e. The summed E-state index contributed by atoms with van der Waals surface area (Å²) in [5.74, 6) is -0.130. The van der Waals surface area contributed by atoms with Crippen LogP contribution in [0, 0.1) is 10.1 Å². The number of aromatic nitrogens is 1. The van der Waals surface area contributed by atoms with Crippen molar-refractivity contribution in [2.24, 2.45) is 0 Å². The fourth-order valence-corrected chi connectivity index (χ4v) is 2.23. The molecule has 0 radical (unpaired) electrons. The van der Waals surface area contributed by atoms with Gasteiger partial charge in [-0.05, 0) is 41.3 Å². The van der Waals surface area contributed by atoms with Gasteiger partial charge >= 0.3 is 5.82 Å². The number of nitrogens with one attached hydrogen (secondary N) is 1. The summed E-state index contributed by atoms with van der Waals surface area (Å²) in [7, 11) is 1.67. The minimum atomic E-state index is -0.473. The first-order valence-electron chi connectivity index (χ1n) is 5.61. The number of nitrogens with zero attached hydrogens (tertiary/aromatic N) is 2. The molecule has 1 saturated carbocycles. The highest BCUT2D eigenvalue weighted by atomic mass is 16.6. The molecule has 92 valence electrons. The Morgan fingerprint density at radius 3 is 3.12 bits per heavy atom. The van der Waals surface area contributed by atoms with Crippen molar-refractivity contribution in [2.45, 2.75) is 31.4 Å². The lowest BCUT2D eigenvalue weighted by Gasteiger charge is -2.20. The lowest BCUT2D eigenvalue weighted by molar-refractivity contribution is -0.388. The van der Waals surface area contributed by atoms with Crippen LogP contribution in [0.2, 0.25) is 0 Å². The van der Waals surface area contributed by atoms with E-state index in [1.54, 1.807) is 19.2 Å². The second-order valence-electron chi connectivity index (χ2n) is 4.09. The van der Waals surface area contributed by atoms with Gasteiger partial charge in [-0.15, -0.1) is 0 Å². The summed E-state index contributed by atoms with van der Waals surface area (Å²) in [6.07, 6.45) is 4.57. The number of nitro groups is 1. The predicted molar refractivity (Wildman–Crippen MR) is 63.0 cm³/mol. The molecule has 17 heavy (non-hydrogen) atoms. The Balaban J connectivity index is 2.15. The Morgan fingerprint density at radius 2 is 2.41 bits per heavy atom. The van der Waals surface area contributed by atoms with Crippen molar-refractivity contribution in [2.75, 3.05) is 12.4 Å². The van der Waals surface area contributed by atoms with E-state index in [-0.39, 0.29) is 18.0 Å². The van der Waals surface area contributed by atoms with Crippen molar-refractivity contribution >= 4 is 11.5 Å². The van der Waals surface area contributed by atoms with Gasteiger partial charge in [0.25, 0.3) is 0 Å². The second-order valence-corrected chi connectivity index (χ2v) is 4.09. The fraction of sp³-hybridized carbons (Fsp3) is 0.545. The number of anilines is 1. The molecule has 2 atom stereocenters. The predicted octanol–water partition coefficient (Wildman–Crippen LogP) is 1.97. The number of hydrogen-bond donors (Lipinski definition) is 1. The first kappa shape index (κ1) is 11.8. The van der Waals surface area contributed by atoms with Gasteiger partial charge in [0.15, 0.2) is 0 Å². The first-order chi connectivity index (χ1) is 8.22. The minimum absolute atomic E-state index is 0.120. The Bertz CT molecular complexity index is 411. The molecule has 0 spiro atoms. The molecule has 1 aliphatic carbocycles. The summed E-state index contributed by atoms with van der Waals surface area (Å²) < 4.78 is 5.34. The van der Waals surface area contributed by atoms with Crippen LogP contribution in [0.4, 0.5) is 11.5 Å². The highest BCUT2D eigenvalue weighted by Gasteiger charge is 2.28. The number of pyridine rings is 1. The van der Waals surface area contributed by atoms with Gasteiger partial charge in [0, 0.05) is 7.11 Å². The summed E-state index contributed by atoms with van der Waals surface area (Å²) in [6.45, 7) is 0. The molecule has 1 aromatic heterocycles. The van der Waals surface area contributed by atoms with Gasteiger partial charge in [-0.2, -0.15) is 0 Å². The van der Waals surface area contributed by atoms with Gasteiger partial charge in [0.1, 0.15) is 11.9 Å². The third-order valence-corrected chi connectivity index (χ3v) is 3.06. The van der Waals surface area contributed by atoms with E-state index in [0.29, 0.717) is 5.69 Å². The average molecular weight is 237 g/mol. The molecular formula is C11H15N3O3. The van der Waals surface area contributed by atoms with Crippen molar-refractivity contribution in [3.8, 4) is 0 Å². The van der Waals surface area contributed by atoms with Crippen molar-refractivity contribution in [1.82, 2.24) is 4.98 Å². The van der Waals surface area contributed by atoms with Crippen LogP contribution in [0.5, 0.6) is 0 Å². The summed E-state index contributed by atoms with van der Waals surface area (Å²) in [4.78, 5) is 14.1. The highest BCUT2D eigenvalue weighted by molar-refractivity contribution is 5.57. The summed E-state index contributed by atoms with van der Waals surface area (Å²) >= 11 is 0. The van der Waals surface area contributed by atoms with Crippen LogP contribution in [-0.4, -0.2) is 29.2 Å². The molecule has 1 fully saturated rings. The molecule has 1 aromatic rings. The largest absolute Gasteiger partial charge is 0.386 e. The van der Waals surface area contributed by atoms with Crippen LogP contribution in [0.3, 0.4) is 0 Å². The van der Waals surface area contributed by atoms with Gasteiger partial charge in [-0.25, -0.2) is 0 Å². The highest BCUT2D eigenvalue weighted by Crippen LogP contribution is 2.28. The normalized spacial score (nSPS) is 23.6. The van der Waals surface area contributed by atoms with Crippen LogP contribution in [-0.2, 0) is 4.74 Å². The van der Waals surface area contributed by atoms with E-state index in [1.807, 2.05) is 0 Å². The Morgan fingerprint density at radius 1 is 1.59 bits per heavy atom. The topological polar surface area (TPSA) is 77.3 Å². The van der Waals surface area contributed by atoms with Crippen molar-refractivity contribution < 1.29 is 9.66 Å². The third kappa shape index (κ3) is 2.52. The van der Waals surface area contributed by atoms with Crippen LogP contribution < -0.4 is 5.32 Å². The zero-order valence-corrected chi connectivity index (χ0v) is 9.63. The molecule has 1 N–H and O–H groups in total. The molecule has 0 saturated heterocycles. The SMILES string of the molecule is COC1CCCC1Nc1cccnc1[N+](=O)[O-]. The zero-order chi connectivity index (χ0) is 12.3. The Kier molecular flexibility index (Phi) is 3.53. The van der Waals surface area contributed by atoms with E-state index in [9.17, 15) is 10.1 Å². The standard InChI is InChI=1S/C11H15N3O3/c1-17-10-6-2-4-8(10)13-9-5-3-7-12-11(9)14(15)16/h3,5,7-8,10,13H,2,4,6H2,1H3. The van der Waals surface area contributed by atoms with Crippen LogP contribution >= 0.6 is 0 Å². The Labute approximate surface area is 99.2 Å². The van der Waals surface area contributed by atoms with Gasteiger partial charge < -0.3 is 20.2 Å². The smallest absolute Gasteiger partial charge is 0.379 e. The van der Waals surface area contributed by atoms with E-state index in [2.05, 4.69) is 10.3 Å². The van der Waals surface area contributed by atoms with Crippen molar-refractivity contribution in [1.29, 1.82) is 0 Å². The van der Waals surface area contributed by atoms with Crippen molar-refractivity contribution in [3.05, 3.63) is 28.4 Å². The van der Waals surface area contributed by atoms with E-state index >= 15 is 0 Å². The molecule has 2 rings (SSSR count). The number of methoxy groups -OCH3 is 1. The second kappa shape index (κ2) is 5.09. The maximum absolute atomic E-state index is 10.8. The number of ether oxygens (including phenoxy) is 1. The number of rotatable bonds is 4. The minimum Gasteiger partial charge on any atom is -0.379 e. The average Bonchev–Trinajstić information content (AvgIpc) is 2.77. The van der Waals surface area contributed by atoms with Gasteiger partial charge in [0.2, 0.25) is 0 Å². The first-order valence-corrected chi connectivity index (χ1v) is 5.61. The van der Waals surface area contributed by atoms with Gasteiger partial charge in [-0.1, -0.05) is 0 Å². The molecular weight excluding hydrogens is 222 g/mol. The van der Waals surface area contributed by atoms with Crippen molar-refractivity contribution in [3.63, 3.8) is 0 Å². The maximum atomic E-state index is 10.8. The summed E-state index contributed by atoms with van der Waals surface area (Å²) in [5.41, 5.74) is 0.464. The molecule has 0 aliphatic heterocycles. The third-order valence-electron chi connectivity index (χ3n) is 3.06. The molecule has 0 aromatic carbocycles. The van der Waals surface area contributed by atoms with Gasteiger partial charge in [-0.3, -0.25) is 0 Å². The molecule has 1 heterocycles. The van der Waals surface area contributed by atoms with E-state index in [0.717, 1.165) is 19.3 Å². The van der Waals surface area contributed by atoms with E-state index in [1.165, 1.54) is 6.20 Å². The molecule has 0 bridgehead atoms. The van der Waals surface area contributed by atoms with Gasteiger partial charge in [0.05, 0.1) is 12.1 Å². The summed E-state index contributed by atoms with van der Waals surface area (Å²) in [6, 6.07) is 3.49. The summed E-state index contributed by atoms with van der Waals surface area (Å²) in [5, 5.41) is 14.0. The van der Waals surface area contributed by atoms with Crippen LogP contribution in [0.1, 0.15) is 19.3 Å². The molecule has 2 unspecified atom stereocenters. The molecule has 0 amide bonds. The van der Waals surface area contributed by atoms with Crippen LogP contribution in [0.15, 0.2) is 18.3 Å². The van der Waals surface area contributed by atoms with Crippen LogP contribution in [0.25, 0.3) is 0 Å². The van der Waals surface area contributed by atoms with E-state index < -0.39 is 4.92 Å². The Hall–Kier alpha value is -1.69. The lowest BCUT2D eigenvalue weighted by Crippen LogP contribution is -2.30. The molecule has 6 heteroatoms.